The van der Waals surface area contributed by atoms with Crippen LogP contribution >= 0.6 is 23.4 Å². The predicted octanol–water partition coefficient (Wildman–Crippen LogP) is 2.33. The second kappa shape index (κ2) is 7.12. The number of halogens is 1. The number of benzene rings is 1. The first-order chi connectivity index (χ1) is 7.25. The van der Waals surface area contributed by atoms with Crippen LogP contribution in [0.4, 0.5) is 0 Å². The lowest BCUT2D eigenvalue weighted by atomic mass is 10.1. The molecule has 0 amide bonds. The minimum Gasteiger partial charge on any atom is -0.387 e. The highest BCUT2D eigenvalue weighted by atomic mass is 35.5. The van der Waals surface area contributed by atoms with Crippen molar-refractivity contribution in [3.63, 3.8) is 0 Å². The average molecular weight is 246 g/mol. The van der Waals surface area contributed by atoms with E-state index in [1.807, 2.05) is 18.2 Å². The zero-order valence-electron chi connectivity index (χ0n) is 8.74. The zero-order valence-corrected chi connectivity index (χ0v) is 10.3. The Labute approximate surface area is 100 Å². The molecule has 0 saturated heterocycles. The van der Waals surface area contributed by atoms with Gasteiger partial charge in [0.05, 0.1) is 6.10 Å². The smallest absolute Gasteiger partial charge is 0.0928 e. The third-order valence-corrected chi connectivity index (χ3v) is 3.04. The van der Waals surface area contributed by atoms with Crippen LogP contribution in [0.3, 0.4) is 0 Å². The maximum atomic E-state index is 9.85. The standard InChI is InChI=1S/C11H16ClNOS/c1-15-7-6-13-8-11(14)9-4-2-3-5-10(9)12/h2-5,11,13-14H,6-8H2,1H3. The molecule has 2 nitrogen and oxygen atoms in total. The Morgan fingerprint density at radius 3 is 2.87 bits per heavy atom. The van der Waals surface area contributed by atoms with Crippen molar-refractivity contribution in [1.82, 2.24) is 5.32 Å². The molecule has 0 aromatic heterocycles. The molecule has 4 heteroatoms. The van der Waals surface area contributed by atoms with Gasteiger partial charge in [0.15, 0.2) is 0 Å². The van der Waals surface area contributed by atoms with Crippen molar-refractivity contribution in [3.05, 3.63) is 34.9 Å². The van der Waals surface area contributed by atoms with Crippen LogP contribution < -0.4 is 5.32 Å². The first-order valence-corrected chi connectivity index (χ1v) is 6.65. The Morgan fingerprint density at radius 2 is 2.20 bits per heavy atom. The first-order valence-electron chi connectivity index (χ1n) is 4.88. The number of aliphatic hydroxyl groups excluding tert-OH is 1. The van der Waals surface area contributed by atoms with Crippen molar-refractivity contribution >= 4 is 23.4 Å². The summed E-state index contributed by atoms with van der Waals surface area (Å²) in [6.07, 6.45) is 1.53. The van der Waals surface area contributed by atoms with E-state index >= 15 is 0 Å². The van der Waals surface area contributed by atoms with Gasteiger partial charge in [-0.05, 0) is 12.3 Å². The summed E-state index contributed by atoms with van der Waals surface area (Å²) in [5.41, 5.74) is 0.788. The molecule has 0 heterocycles. The van der Waals surface area contributed by atoms with Crippen LogP contribution in [0, 0.1) is 0 Å². The average Bonchev–Trinajstić information content (AvgIpc) is 2.25. The van der Waals surface area contributed by atoms with Crippen LogP contribution in [0.2, 0.25) is 5.02 Å². The fourth-order valence-electron chi connectivity index (χ4n) is 1.27. The lowest BCUT2D eigenvalue weighted by molar-refractivity contribution is 0.176. The summed E-state index contributed by atoms with van der Waals surface area (Å²) in [5, 5.41) is 13.7. The summed E-state index contributed by atoms with van der Waals surface area (Å²) in [5.74, 6) is 1.05. The third kappa shape index (κ3) is 4.43. The lowest BCUT2D eigenvalue weighted by Gasteiger charge is -2.13. The molecule has 0 fully saturated rings. The van der Waals surface area contributed by atoms with Gasteiger partial charge in [0.25, 0.3) is 0 Å². The largest absolute Gasteiger partial charge is 0.387 e. The van der Waals surface area contributed by atoms with E-state index in [-0.39, 0.29) is 0 Å². The highest BCUT2D eigenvalue weighted by Gasteiger charge is 2.09. The Balaban J connectivity index is 2.40. The number of nitrogens with one attached hydrogen (secondary N) is 1. The van der Waals surface area contributed by atoms with E-state index in [0.29, 0.717) is 11.6 Å². The number of aliphatic hydroxyl groups is 1. The molecule has 1 atom stereocenters. The van der Waals surface area contributed by atoms with Gasteiger partial charge in [-0.3, -0.25) is 0 Å². The Morgan fingerprint density at radius 1 is 1.47 bits per heavy atom. The number of thioether (sulfide) groups is 1. The molecule has 0 aliphatic rings. The van der Waals surface area contributed by atoms with Crippen molar-refractivity contribution in [1.29, 1.82) is 0 Å². The fourth-order valence-corrected chi connectivity index (χ4v) is 1.88. The van der Waals surface area contributed by atoms with Crippen LogP contribution in [0.5, 0.6) is 0 Å². The molecule has 1 rings (SSSR count). The molecule has 0 radical (unpaired) electrons. The predicted molar refractivity (Wildman–Crippen MR) is 67.7 cm³/mol. The van der Waals surface area contributed by atoms with Crippen molar-refractivity contribution in [3.8, 4) is 0 Å². The van der Waals surface area contributed by atoms with E-state index < -0.39 is 6.10 Å². The van der Waals surface area contributed by atoms with Crippen molar-refractivity contribution in [2.75, 3.05) is 25.1 Å². The topological polar surface area (TPSA) is 32.3 Å². The molecule has 0 saturated carbocycles. The molecule has 15 heavy (non-hydrogen) atoms. The van der Waals surface area contributed by atoms with E-state index in [4.69, 9.17) is 11.6 Å². The summed E-state index contributed by atoms with van der Waals surface area (Å²) < 4.78 is 0. The van der Waals surface area contributed by atoms with E-state index in [0.717, 1.165) is 17.9 Å². The Bertz CT molecular complexity index is 296. The monoisotopic (exact) mass is 245 g/mol. The van der Waals surface area contributed by atoms with Crippen LogP contribution in [0.1, 0.15) is 11.7 Å². The molecule has 1 aromatic carbocycles. The van der Waals surface area contributed by atoms with Gasteiger partial charge in [-0.25, -0.2) is 0 Å². The summed E-state index contributed by atoms with van der Waals surface area (Å²) in [4.78, 5) is 0. The molecule has 0 spiro atoms. The van der Waals surface area contributed by atoms with Crippen LogP contribution in [-0.2, 0) is 0 Å². The first kappa shape index (κ1) is 12.8. The Hall–Kier alpha value is -0.220. The molecular formula is C11H16ClNOS. The van der Waals surface area contributed by atoms with Crippen molar-refractivity contribution < 1.29 is 5.11 Å². The summed E-state index contributed by atoms with van der Waals surface area (Å²) in [6, 6.07) is 7.39. The van der Waals surface area contributed by atoms with Gasteiger partial charge in [-0.2, -0.15) is 11.8 Å². The molecule has 1 unspecified atom stereocenters. The molecule has 0 aliphatic heterocycles. The second-order valence-electron chi connectivity index (χ2n) is 3.23. The van der Waals surface area contributed by atoms with Gasteiger partial charge in [0, 0.05) is 29.4 Å². The van der Waals surface area contributed by atoms with Gasteiger partial charge >= 0.3 is 0 Å². The van der Waals surface area contributed by atoms with E-state index in [1.165, 1.54) is 0 Å². The van der Waals surface area contributed by atoms with Crippen molar-refractivity contribution in [2.45, 2.75) is 6.10 Å². The van der Waals surface area contributed by atoms with E-state index in [2.05, 4.69) is 11.6 Å². The van der Waals surface area contributed by atoms with Gasteiger partial charge in [0.1, 0.15) is 0 Å². The van der Waals surface area contributed by atoms with Gasteiger partial charge in [-0.1, -0.05) is 29.8 Å². The van der Waals surface area contributed by atoms with Crippen LogP contribution in [0.25, 0.3) is 0 Å². The molecule has 2 N–H and O–H groups in total. The molecule has 1 aromatic rings. The Kier molecular flexibility index (Phi) is 6.10. The highest BCUT2D eigenvalue weighted by Crippen LogP contribution is 2.21. The maximum Gasteiger partial charge on any atom is 0.0928 e. The quantitative estimate of drug-likeness (QED) is 0.755. The SMILES string of the molecule is CSCCNCC(O)c1ccccc1Cl. The maximum absolute atomic E-state index is 9.85. The lowest BCUT2D eigenvalue weighted by Crippen LogP contribution is -2.23. The summed E-state index contributed by atoms with van der Waals surface area (Å²) in [6.45, 7) is 1.45. The molecule has 0 bridgehead atoms. The minimum absolute atomic E-state index is 0.527. The van der Waals surface area contributed by atoms with E-state index in [9.17, 15) is 5.11 Å². The summed E-state index contributed by atoms with van der Waals surface area (Å²) >= 11 is 7.75. The fraction of sp³-hybridized carbons (Fsp3) is 0.455. The molecular weight excluding hydrogens is 230 g/mol. The van der Waals surface area contributed by atoms with E-state index in [1.54, 1.807) is 17.8 Å². The van der Waals surface area contributed by atoms with Crippen LogP contribution in [0.15, 0.2) is 24.3 Å². The zero-order chi connectivity index (χ0) is 11.1. The normalized spacial score (nSPS) is 12.7. The number of hydrogen-bond donors (Lipinski definition) is 2. The molecule has 0 aliphatic carbocycles. The van der Waals surface area contributed by atoms with Gasteiger partial charge in [-0.15, -0.1) is 0 Å². The van der Waals surface area contributed by atoms with Gasteiger partial charge < -0.3 is 10.4 Å². The molecule has 84 valence electrons. The van der Waals surface area contributed by atoms with Crippen molar-refractivity contribution in [2.24, 2.45) is 0 Å². The highest BCUT2D eigenvalue weighted by molar-refractivity contribution is 7.98. The minimum atomic E-state index is -0.527. The van der Waals surface area contributed by atoms with Gasteiger partial charge in [0.2, 0.25) is 0 Å². The third-order valence-electron chi connectivity index (χ3n) is 2.08. The number of rotatable bonds is 6. The number of hydrogen-bond acceptors (Lipinski definition) is 3. The second-order valence-corrected chi connectivity index (χ2v) is 4.63. The summed E-state index contributed by atoms with van der Waals surface area (Å²) in [7, 11) is 0. The van der Waals surface area contributed by atoms with Crippen LogP contribution in [-0.4, -0.2) is 30.2 Å².